The summed E-state index contributed by atoms with van der Waals surface area (Å²) in [5, 5.41) is 25.8. The van der Waals surface area contributed by atoms with Crippen LogP contribution in [0.5, 0.6) is 0 Å². The highest BCUT2D eigenvalue weighted by atomic mass is 32.1. The van der Waals surface area contributed by atoms with Gasteiger partial charge in [-0.25, -0.2) is 0 Å². The van der Waals surface area contributed by atoms with Crippen LogP contribution in [0, 0.1) is 0 Å². The van der Waals surface area contributed by atoms with Crippen molar-refractivity contribution in [3.05, 3.63) is 503 Å². The number of hydrogen-bond donors (Lipinski definition) is 0. The average molecular weight is 1950 g/mol. The number of aromatic nitrogens is 6. The molecule has 0 bridgehead atoms. The predicted molar refractivity (Wildman–Crippen MR) is 640 cm³/mol. The second-order valence-electron chi connectivity index (χ2n) is 40.4. The van der Waals surface area contributed by atoms with Crippen LogP contribution in [-0.4, -0.2) is 27.4 Å². The van der Waals surface area contributed by atoms with Crippen LogP contribution in [0.4, 0.5) is 0 Å². The smallest absolute Gasteiger partial charge is 0.0641 e. The summed E-state index contributed by atoms with van der Waals surface area (Å²) in [4.78, 5) is 0. The van der Waals surface area contributed by atoms with Crippen LogP contribution in [0.15, 0.2) is 491 Å². The Morgan fingerprint density at radius 3 is 0.919 bits per heavy atom. The number of thiophene rings is 3. The highest BCUT2D eigenvalue weighted by Gasteiger charge is 2.37. The van der Waals surface area contributed by atoms with Crippen LogP contribution in [0.3, 0.4) is 0 Å². The minimum absolute atomic E-state index is 0.0826. The van der Waals surface area contributed by atoms with Crippen molar-refractivity contribution in [2.75, 3.05) is 0 Å². The van der Waals surface area contributed by atoms with E-state index in [1.165, 1.54) is 280 Å². The number of benzene rings is 23. The lowest BCUT2D eigenvalue weighted by molar-refractivity contribution is 0.660. The van der Waals surface area contributed by atoms with Gasteiger partial charge in [0.05, 0.1) is 60.7 Å². The molecule has 698 valence electrons. The summed E-state index contributed by atoms with van der Waals surface area (Å²) in [5.41, 5.74) is 36.0. The first-order valence-corrected chi connectivity index (χ1v) is 53.7. The van der Waals surface area contributed by atoms with Crippen molar-refractivity contribution in [3.63, 3.8) is 0 Å². The molecule has 9 aromatic heterocycles. The van der Waals surface area contributed by atoms with E-state index < -0.39 is 0 Å². The van der Waals surface area contributed by atoms with Gasteiger partial charge in [-0.2, -0.15) is 0 Å². The molecule has 1 aliphatic carbocycles. The monoisotopic (exact) mass is 1950 g/mol. The molecule has 0 radical (unpaired) electrons. The van der Waals surface area contributed by atoms with Gasteiger partial charge >= 0.3 is 0 Å². The van der Waals surface area contributed by atoms with E-state index >= 15 is 0 Å². The maximum absolute atomic E-state index is 2.53. The minimum atomic E-state index is -0.0826. The molecule has 9 heterocycles. The third kappa shape index (κ3) is 12.9. The molecule has 0 fully saturated rings. The van der Waals surface area contributed by atoms with E-state index in [0.29, 0.717) is 0 Å². The molecule has 9 heteroatoms. The van der Waals surface area contributed by atoms with Crippen LogP contribution >= 0.6 is 34.0 Å². The fourth-order valence-electron chi connectivity index (χ4n) is 25.4. The molecule has 0 saturated carbocycles. The second-order valence-corrected chi connectivity index (χ2v) is 43.6. The lowest BCUT2D eigenvalue weighted by Crippen LogP contribution is -2.15. The fourth-order valence-corrected chi connectivity index (χ4v) is 29.1. The summed E-state index contributed by atoms with van der Waals surface area (Å²) in [7, 11) is 2.19. The van der Waals surface area contributed by atoms with E-state index in [2.05, 4.69) is 540 Å². The summed E-state index contributed by atoms with van der Waals surface area (Å²) >= 11 is 5.66. The van der Waals surface area contributed by atoms with E-state index in [0.717, 1.165) is 17.1 Å². The first-order valence-electron chi connectivity index (χ1n) is 51.3. The van der Waals surface area contributed by atoms with Gasteiger partial charge in [-0.3, -0.25) is 0 Å². The van der Waals surface area contributed by atoms with E-state index in [4.69, 9.17) is 0 Å². The molecule has 0 spiro atoms. The summed E-state index contributed by atoms with van der Waals surface area (Å²) in [6.07, 6.45) is 0. The van der Waals surface area contributed by atoms with E-state index in [-0.39, 0.29) is 5.41 Å². The van der Waals surface area contributed by atoms with Gasteiger partial charge in [-0.05, 0) is 217 Å². The molecule has 1 aliphatic rings. The molecule has 149 heavy (non-hydrogen) atoms. The minimum Gasteiger partial charge on any atom is -0.343 e. The van der Waals surface area contributed by atoms with Crippen molar-refractivity contribution in [1.29, 1.82) is 0 Å². The van der Waals surface area contributed by atoms with Crippen molar-refractivity contribution in [1.82, 2.24) is 27.4 Å². The molecular weight excluding hydrogens is 1860 g/mol. The Bertz CT molecular complexity index is 11200. The van der Waals surface area contributed by atoms with Crippen molar-refractivity contribution in [3.8, 4) is 84.1 Å². The summed E-state index contributed by atoms with van der Waals surface area (Å²) in [6.45, 7) is 4.74. The maximum atomic E-state index is 2.53. The molecule has 33 rings (SSSR count). The predicted octanol–water partition coefficient (Wildman–Crippen LogP) is 39.4. The van der Waals surface area contributed by atoms with Gasteiger partial charge in [-0.1, -0.05) is 366 Å². The number of nitrogens with zero attached hydrogens (tertiary/aromatic N) is 6. The largest absolute Gasteiger partial charge is 0.343 e. The molecule has 0 N–H and O–H groups in total. The summed E-state index contributed by atoms with van der Waals surface area (Å²) in [6, 6.07) is 181. The van der Waals surface area contributed by atoms with Crippen molar-refractivity contribution in [2.45, 2.75) is 19.3 Å². The maximum Gasteiger partial charge on any atom is 0.0641 e. The van der Waals surface area contributed by atoms with Crippen LogP contribution < -0.4 is 0 Å². The zero-order valence-corrected chi connectivity index (χ0v) is 84.1. The Morgan fingerprint density at radius 2 is 0.477 bits per heavy atom. The Hall–Kier alpha value is -18.2. The zero-order valence-electron chi connectivity index (χ0n) is 81.7. The number of fused-ring (bicyclic) bond motifs is 34. The first kappa shape index (κ1) is 85.2. The Kier molecular flexibility index (Phi) is 19.0. The summed E-state index contributed by atoms with van der Waals surface area (Å²) in [5.74, 6) is 0. The van der Waals surface area contributed by atoms with Crippen molar-refractivity contribution in [2.24, 2.45) is 7.05 Å². The molecule has 0 aliphatic heterocycles. The van der Waals surface area contributed by atoms with Gasteiger partial charge in [0.2, 0.25) is 0 Å². The number of rotatable bonds is 9. The second kappa shape index (κ2) is 33.2. The van der Waals surface area contributed by atoms with E-state index in [1.54, 1.807) is 0 Å². The SMILES string of the molecule is CC1(C)c2ccccc2-c2ccc(-n3c4ccccc4c4ccc5c(c6ccccc6n5-c5ccc(-c6cccc7c6sc6ccccc67)cc5)c43)cc21.Cn1c2ccccc2c2ccc3c(c4ccccc4n3-c3ccc(-c4cccc5c4sc4ccccc45)cc3)c21.c1ccc2cc(-c3ccc(-n4c5ccccc5c5ccc6c(c7ccccc7n6-c6ccc(-c7cccc8c7sc7ccccc78)cc6)c54)cc3)ccc2c1. The molecule has 0 atom stereocenters. The van der Waals surface area contributed by atoms with Gasteiger partial charge in [-0.15, -0.1) is 34.0 Å². The quantitative estimate of drug-likeness (QED) is 0.138. The van der Waals surface area contributed by atoms with Gasteiger partial charge in [0.1, 0.15) is 0 Å². The molecule has 32 aromatic rings. The third-order valence-electron chi connectivity index (χ3n) is 32.2. The standard InChI is InChI=1S/C52H32N2S.C51H34N2S.C37H24N2S/c1-2-11-36-32-37(21-20-33(36)10-1)34-22-26-39(27-23-34)54-46-17-6-3-12-41(46)43-30-31-48-50(51(43)54)45-14-4-7-18-47(45)53(48)38-28-24-35(25-29-38)40-15-9-16-44-42-13-5-8-19-49(42)55-52(40)44;1-51(2)42-18-7-3-12-35(42)36-27-26-33(30-43(36)51)53-44-19-8-4-13-37(44)39-28-29-46-48(49(39)53)41-15-5-9-20-45(41)52(46)32-24-22-31(23-25-32)34-16-11-17-40-38-14-6-10-21-47(38)54-50(34)40;1-38-31-14-5-2-9-26(31)28-21-22-33-35(36(28)38)30-11-3-6-15-32(30)39(33)24-19-17-23(18-20-24)25-12-8-13-29-27-10-4-7-16-34(27)40-37(25)29/h1-32H;3-30H,1-2H3;2-22H,1H3. The van der Waals surface area contributed by atoms with Gasteiger partial charge in [0, 0.05) is 172 Å². The van der Waals surface area contributed by atoms with Crippen LogP contribution in [0.1, 0.15) is 25.0 Å². The molecule has 0 unspecified atom stereocenters. The Balaban J connectivity index is 0.000000102. The van der Waals surface area contributed by atoms with Crippen LogP contribution in [0.25, 0.3) is 286 Å². The first-order chi connectivity index (χ1) is 73.6. The Morgan fingerprint density at radius 1 is 0.174 bits per heavy atom. The summed E-state index contributed by atoms with van der Waals surface area (Å²) < 4.78 is 22.7. The molecule has 23 aromatic carbocycles. The van der Waals surface area contributed by atoms with E-state index in [1.807, 2.05) is 34.0 Å². The Labute approximate surface area is 869 Å². The normalized spacial score (nSPS) is 12.6. The molecule has 0 saturated heterocycles. The highest BCUT2D eigenvalue weighted by molar-refractivity contribution is 7.27. The van der Waals surface area contributed by atoms with Crippen LogP contribution in [0.2, 0.25) is 0 Å². The van der Waals surface area contributed by atoms with Crippen molar-refractivity contribution >= 4 is 236 Å². The van der Waals surface area contributed by atoms with Crippen LogP contribution in [-0.2, 0) is 12.5 Å². The molecular formula is C140H90N6S3. The van der Waals surface area contributed by atoms with Crippen molar-refractivity contribution < 1.29 is 0 Å². The topological polar surface area (TPSA) is 29.6 Å². The van der Waals surface area contributed by atoms with Gasteiger partial charge < -0.3 is 27.4 Å². The third-order valence-corrected chi connectivity index (χ3v) is 35.9. The number of para-hydroxylation sites is 6. The molecule has 6 nitrogen and oxygen atoms in total. The highest BCUT2D eigenvalue weighted by Crippen LogP contribution is 2.54. The average Bonchev–Trinajstić information content (AvgIpc) is 1.55. The zero-order chi connectivity index (χ0) is 98.1. The number of aryl methyl sites for hydroxylation is 1. The van der Waals surface area contributed by atoms with E-state index in [9.17, 15) is 0 Å². The van der Waals surface area contributed by atoms with Gasteiger partial charge in [0.25, 0.3) is 0 Å². The lowest BCUT2D eigenvalue weighted by Gasteiger charge is -2.22. The van der Waals surface area contributed by atoms with Gasteiger partial charge in [0.15, 0.2) is 0 Å². The lowest BCUT2D eigenvalue weighted by atomic mass is 9.82. The fraction of sp³-hybridized carbons (Fsp3) is 0.0286. The molecule has 0 amide bonds. The number of hydrogen-bond acceptors (Lipinski definition) is 3.